The van der Waals surface area contributed by atoms with Gasteiger partial charge in [-0.2, -0.15) is 12.6 Å². The van der Waals surface area contributed by atoms with E-state index in [9.17, 15) is 29.4 Å². The third-order valence-corrected chi connectivity index (χ3v) is 5.57. The third-order valence-electron chi connectivity index (χ3n) is 5.21. The van der Waals surface area contributed by atoms with E-state index in [0.717, 1.165) is 0 Å². The summed E-state index contributed by atoms with van der Waals surface area (Å²) in [5.41, 5.74) is 6.63. The Balaban J connectivity index is 3.01. The van der Waals surface area contributed by atoms with Gasteiger partial charge < -0.3 is 31.9 Å². The quantitative estimate of drug-likeness (QED) is 0.182. The second-order valence-corrected chi connectivity index (χ2v) is 9.81. The lowest BCUT2D eigenvalue weighted by molar-refractivity contribution is -0.142. The van der Waals surface area contributed by atoms with E-state index in [1.54, 1.807) is 12.1 Å². The molecule has 0 aromatic heterocycles. The number of hydrogen-bond donors (Lipinski definition) is 7. The highest BCUT2D eigenvalue weighted by molar-refractivity contribution is 7.80. The molecule has 0 heterocycles. The first kappa shape index (κ1) is 30.2. The highest BCUT2D eigenvalue weighted by atomic mass is 32.1. The fourth-order valence-corrected chi connectivity index (χ4v) is 3.66. The summed E-state index contributed by atoms with van der Waals surface area (Å²) >= 11 is 4.13. The number of carboxylic acids is 1. The number of aromatic hydroxyl groups is 1. The standard InChI is InChI=1S/C24H38N4O6S/c1-13(2)9-17(25)21(30)26-18(11-15-5-7-16(29)8-6-15)22(31)28-20(12-35)23(32)27-19(24(33)34)10-14(3)4/h5-8,13-14,17-20,29,35H,9-12,25H2,1-4H3,(H,26,30)(H,27,32)(H,28,31)(H,33,34). The number of amides is 3. The number of benzene rings is 1. The van der Waals surface area contributed by atoms with Crippen LogP contribution in [0.5, 0.6) is 5.75 Å². The molecular weight excluding hydrogens is 472 g/mol. The monoisotopic (exact) mass is 510 g/mol. The third kappa shape index (κ3) is 11.0. The van der Waals surface area contributed by atoms with Crippen molar-refractivity contribution in [2.24, 2.45) is 17.6 Å². The molecule has 4 unspecified atom stereocenters. The van der Waals surface area contributed by atoms with Crippen molar-refractivity contribution >= 4 is 36.3 Å². The maximum absolute atomic E-state index is 13.1. The van der Waals surface area contributed by atoms with E-state index in [1.165, 1.54) is 12.1 Å². The summed E-state index contributed by atoms with van der Waals surface area (Å²) in [4.78, 5) is 50.0. The van der Waals surface area contributed by atoms with Crippen molar-refractivity contribution in [1.82, 2.24) is 16.0 Å². The molecule has 0 aliphatic heterocycles. The Kier molecular flexibility index (Phi) is 12.6. The lowest BCUT2D eigenvalue weighted by Gasteiger charge is -2.25. The summed E-state index contributed by atoms with van der Waals surface area (Å²) < 4.78 is 0. The van der Waals surface area contributed by atoms with Gasteiger partial charge in [0.05, 0.1) is 6.04 Å². The Labute approximate surface area is 211 Å². The Morgan fingerprint density at radius 3 is 1.80 bits per heavy atom. The van der Waals surface area contributed by atoms with Crippen LogP contribution in [0.3, 0.4) is 0 Å². The Morgan fingerprint density at radius 2 is 1.31 bits per heavy atom. The zero-order valence-corrected chi connectivity index (χ0v) is 21.5. The Morgan fingerprint density at radius 1 is 0.829 bits per heavy atom. The highest BCUT2D eigenvalue weighted by Gasteiger charge is 2.30. The molecule has 7 N–H and O–H groups in total. The van der Waals surface area contributed by atoms with Crippen molar-refractivity contribution in [2.45, 2.75) is 71.1 Å². The molecule has 3 amide bonds. The second-order valence-electron chi connectivity index (χ2n) is 9.44. The van der Waals surface area contributed by atoms with Crippen molar-refractivity contribution in [3.8, 4) is 5.75 Å². The Hall–Kier alpha value is -2.79. The molecule has 35 heavy (non-hydrogen) atoms. The number of phenolic OH excluding ortho intramolecular Hbond substituents is 1. The average molecular weight is 511 g/mol. The molecule has 0 fully saturated rings. The molecule has 11 heteroatoms. The SMILES string of the molecule is CC(C)CC(N)C(=O)NC(Cc1ccc(O)cc1)C(=O)NC(CS)C(=O)NC(CC(C)C)C(=O)O. The minimum atomic E-state index is -1.17. The molecule has 0 radical (unpaired) electrons. The molecule has 196 valence electrons. The number of thiol groups is 1. The van der Waals surface area contributed by atoms with Gasteiger partial charge in [-0.15, -0.1) is 0 Å². The van der Waals surface area contributed by atoms with E-state index in [0.29, 0.717) is 12.0 Å². The van der Waals surface area contributed by atoms with E-state index in [2.05, 4.69) is 28.6 Å². The summed E-state index contributed by atoms with van der Waals surface area (Å²) in [5, 5.41) is 26.6. The van der Waals surface area contributed by atoms with Gasteiger partial charge in [-0.25, -0.2) is 4.79 Å². The van der Waals surface area contributed by atoms with E-state index >= 15 is 0 Å². The highest BCUT2D eigenvalue weighted by Crippen LogP contribution is 2.12. The molecule has 1 aromatic carbocycles. The van der Waals surface area contributed by atoms with Crippen LogP contribution in [0, 0.1) is 11.8 Å². The van der Waals surface area contributed by atoms with Gasteiger partial charge in [0.2, 0.25) is 17.7 Å². The molecule has 0 saturated carbocycles. The van der Waals surface area contributed by atoms with E-state index in [4.69, 9.17) is 5.73 Å². The zero-order chi connectivity index (χ0) is 26.7. The van der Waals surface area contributed by atoms with Crippen LogP contribution in [0.4, 0.5) is 0 Å². The van der Waals surface area contributed by atoms with Gasteiger partial charge in [-0.05, 0) is 42.4 Å². The molecule has 1 rings (SSSR count). The minimum absolute atomic E-state index is 0.0281. The number of carboxylic acid groups (broad SMARTS) is 1. The molecule has 0 saturated heterocycles. The number of nitrogens with two attached hydrogens (primary N) is 1. The van der Waals surface area contributed by atoms with Crippen molar-refractivity contribution in [1.29, 1.82) is 0 Å². The van der Waals surface area contributed by atoms with Gasteiger partial charge in [0.25, 0.3) is 0 Å². The lowest BCUT2D eigenvalue weighted by atomic mass is 10.0. The van der Waals surface area contributed by atoms with Crippen LogP contribution >= 0.6 is 12.6 Å². The lowest BCUT2D eigenvalue weighted by Crippen LogP contribution is -2.58. The van der Waals surface area contributed by atoms with Gasteiger partial charge in [-0.3, -0.25) is 14.4 Å². The van der Waals surface area contributed by atoms with Crippen LogP contribution in [0.1, 0.15) is 46.1 Å². The molecule has 10 nitrogen and oxygen atoms in total. The van der Waals surface area contributed by atoms with Gasteiger partial charge in [0, 0.05) is 12.2 Å². The number of phenols is 1. The average Bonchev–Trinajstić information content (AvgIpc) is 2.76. The number of carbonyl (C=O) groups is 4. The summed E-state index contributed by atoms with van der Waals surface area (Å²) in [6, 6.07) is 2.03. The van der Waals surface area contributed by atoms with Gasteiger partial charge in [0.1, 0.15) is 23.9 Å². The van der Waals surface area contributed by atoms with Gasteiger partial charge in [-0.1, -0.05) is 39.8 Å². The topological polar surface area (TPSA) is 171 Å². The van der Waals surface area contributed by atoms with Crippen molar-refractivity contribution < 1.29 is 29.4 Å². The molecule has 0 aliphatic carbocycles. The van der Waals surface area contributed by atoms with E-state index in [1.807, 2.05) is 27.7 Å². The largest absolute Gasteiger partial charge is 0.508 e. The first-order valence-corrected chi connectivity index (χ1v) is 12.3. The normalized spacial score (nSPS) is 14.6. The van der Waals surface area contributed by atoms with Crippen LogP contribution in [-0.4, -0.2) is 63.8 Å². The number of nitrogens with one attached hydrogen (secondary N) is 3. The number of carbonyl (C=O) groups excluding carboxylic acids is 3. The van der Waals surface area contributed by atoms with Crippen molar-refractivity contribution in [3.63, 3.8) is 0 Å². The minimum Gasteiger partial charge on any atom is -0.508 e. The molecule has 1 aromatic rings. The molecule has 0 aliphatic rings. The fourth-order valence-electron chi connectivity index (χ4n) is 3.40. The fraction of sp³-hybridized carbons (Fsp3) is 0.583. The first-order chi connectivity index (χ1) is 16.3. The summed E-state index contributed by atoms with van der Waals surface area (Å²) in [5.74, 6) is -2.84. The predicted octanol–water partition coefficient (Wildman–Crippen LogP) is 0.823. The summed E-state index contributed by atoms with van der Waals surface area (Å²) in [6.07, 6.45) is 0.729. The molecule has 0 bridgehead atoms. The maximum Gasteiger partial charge on any atom is 0.326 e. The molecular formula is C24H38N4O6S. The summed E-state index contributed by atoms with van der Waals surface area (Å²) in [7, 11) is 0. The number of rotatable bonds is 14. The number of aliphatic carboxylic acids is 1. The van der Waals surface area contributed by atoms with E-state index in [-0.39, 0.29) is 36.2 Å². The molecule has 0 spiro atoms. The van der Waals surface area contributed by atoms with E-state index < -0.39 is 47.9 Å². The second kappa shape index (κ2) is 14.6. The van der Waals surface area contributed by atoms with Crippen LogP contribution in [0.15, 0.2) is 24.3 Å². The first-order valence-electron chi connectivity index (χ1n) is 11.6. The predicted molar refractivity (Wildman–Crippen MR) is 136 cm³/mol. The maximum atomic E-state index is 13.1. The van der Waals surface area contributed by atoms with Crippen LogP contribution in [0.25, 0.3) is 0 Å². The van der Waals surface area contributed by atoms with Crippen molar-refractivity contribution in [3.05, 3.63) is 29.8 Å². The smallest absolute Gasteiger partial charge is 0.326 e. The van der Waals surface area contributed by atoms with Crippen LogP contribution < -0.4 is 21.7 Å². The van der Waals surface area contributed by atoms with Crippen molar-refractivity contribution in [2.75, 3.05) is 5.75 Å². The van der Waals surface area contributed by atoms with Gasteiger partial charge >= 0.3 is 5.97 Å². The number of hydrogen-bond acceptors (Lipinski definition) is 7. The zero-order valence-electron chi connectivity index (χ0n) is 20.7. The Bertz CT molecular complexity index is 862. The van der Waals surface area contributed by atoms with Crippen LogP contribution in [0.2, 0.25) is 0 Å². The van der Waals surface area contributed by atoms with Crippen LogP contribution in [-0.2, 0) is 25.6 Å². The van der Waals surface area contributed by atoms with Gasteiger partial charge in [0.15, 0.2) is 0 Å². The summed E-state index contributed by atoms with van der Waals surface area (Å²) in [6.45, 7) is 7.52. The molecule has 4 atom stereocenters.